The number of hydrogen-bond donors (Lipinski definition) is 1. The third-order valence-electron chi connectivity index (χ3n) is 3.74. The van der Waals surface area contributed by atoms with Crippen molar-refractivity contribution in [1.82, 2.24) is 5.32 Å². The van der Waals surface area contributed by atoms with Crippen LogP contribution in [0.5, 0.6) is 0 Å². The zero-order chi connectivity index (χ0) is 14.0. The van der Waals surface area contributed by atoms with E-state index in [2.05, 4.69) is 56.4 Å². The first-order chi connectivity index (χ1) is 9.02. The van der Waals surface area contributed by atoms with Gasteiger partial charge in [-0.3, -0.25) is 0 Å². The largest absolute Gasteiger partial charge is 0.313 e. The van der Waals surface area contributed by atoms with Crippen molar-refractivity contribution in [3.8, 4) is 11.1 Å². The Bertz CT molecular complexity index is 573. The average molecular weight is 274 g/mol. The van der Waals surface area contributed by atoms with Crippen LogP contribution in [0.4, 0.5) is 0 Å². The van der Waals surface area contributed by atoms with E-state index in [1.165, 1.54) is 22.3 Å². The molecule has 1 N–H and O–H groups in total. The van der Waals surface area contributed by atoms with Gasteiger partial charge in [0, 0.05) is 16.6 Å². The first-order valence-corrected chi connectivity index (χ1v) is 6.95. The van der Waals surface area contributed by atoms with Crippen molar-refractivity contribution >= 4 is 11.6 Å². The molecule has 100 valence electrons. The quantitative estimate of drug-likeness (QED) is 0.838. The van der Waals surface area contributed by atoms with E-state index in [1.54, 1.807) is 0 Å². The number of nitrogens with one attached hydrogen (secondary N) is 1. The van der Waals surface area contributed by atoms with E-state index in [-0.39, 0.29) is 0 Å². The van der Waals surface area contributed by atoms with Crippen LogP contribution in [0, 0.1) is 13.8 Å². The highest BCUT2D eigenvalue weighted by Gasteiger charge is 2.07. The summed E-state index contributed by atoms with van der Waals surface area (Å²) in [6, 6.07) is 13.1. The molecule has 0 aliphatic heterocycles. The van der Waals surface area contributed by atoms with E-state index >= 15 is 0 Å². The van der Waals surface area contributed by atoms with Crippen LogP contribution in [-0.4, -0.2) is 7.05 Å². The zero-order valence-electron chi connectivity index (χ0n) is 11.9. The van der Waals surface area contributed by atoms with Crippen LogP contribution in [-0.2, 0) is 0 Å². The van der Waals surface area contributed by atoms with E-state index in [9.17, 15) is 0 Å². The fourth-order valence-corrected chi connectivity index (χ4v) is 2.45. The molecule has 1 atom stereocenters. The molecule has 2 aromatic carbocycles. The number of hydrogen-bond acceptors (Lipinski definition) is 1. The van der Waals surface area contributed by atoms with Gasteiger partial charge in [0.1, 0.15) is 0 Å². The molecule has 0 bridgehead atoms. The van der Waals surface area contributed by atoms with Gasteiger partial charge in [0.25, 0.3) is 0 Å². The minimum Gasteiger partial charge on any atom is -0.313 e. The fraction of sp³-hybridized carbons (Fsp3) is 0.294. The summed E-state index contributed by atoms with van der Waals surface area (Å²) in [5.74, 6) is 0. The number of benzene rings is 2. The lowest BCUT2D eigenvalue weighted by Gasteiger charge is -2.12. The molecular formula is C17H20ClN. The van der Waals surface area contributed by atoms with Crippen LogP contribution in [0.2, 0.25) is 5.02 Å². The summed E-state index contributed by atoms with van der Waals surface area (Å²) in [7, 11) is 1.97. The lowest BCUT2D eigenvalue weighted by atomic mass is 9.98. The molecule has 2 aromatic rings. The molecule has 0 saturated carbocycles. The number of halogens is 1. The van der Waals surface area contributed by atoms with Crippen molar-refractivity contribution in [3.63, 3.8) is 0 Å². The Morgan fingerprint density at radius 3 is 2.16 bits per heavy atom. The summed E-state index contributed by atoms with van der Waals surface area (Å²) in [4.78, 5) is 0. The summed E-state index contributed by atoms with van der Waals surface area (Å²) >= 11 is 6.35. The van der Waals surface area contributed by atoms with E-state index in [0.717, 1.165) is 10.6 Å². The monoisotopic (exact) mass is 273 g/mol. The third-order valence-corrected chi connectivity index (χ3v) is 4.05. The molecule has 2 rings (SSSR count). The molecule has 0 fully saturated rings. The van der Waals surface area contributed by atoms with Crippen molar-refractivity contribution in [1.29, 1.82) is 0 Å². The predicted octanol–water partition coefficient (Wildman–Crippen LogP) is 4.90. The summed E-state index contributed by atoms with van der Waals surface area (Å²) in [6.45, 7) is 6.35. The Kier molecular flexibility index (Phi) is 4.28. The molecule has 19 heavy (non-hydrogen) atoms. The minimum absolute atomic E-state index is 0.365. The van der Waals surface area contributed by atoms with Crippen molar-refractivity contribution in [2.24, 2.45) is 0 Å². The molecule has 0 spiro atoms. The SMILES string of the molecule is CNC(C)c1ccc(-c2cc(C)c(C)cc2Cl)cc1. The normalized spacial score (nSPS) is 12.5. The third kappa shape index (κ3) is 2.99. The molecule has 1 nitrogen and oxygen atoms in total. The molecule has 0 saturated heterocycles. The van der Waals surface area contributed by atoms with Crippen LogP contribution in [0.25, 0.3) is 11.1 Å². The number of aryl methyl sites for hydroxylation is 2. The van der Waals surface area contributed by atoms with E-state index < -0.39 is 0 Å². The summed E-state index contributed by atoms with van der Waals surface area (Å²) in [5.41, 5.74) is 6.06. The molecule has 2 heteroatoms. The smallest absolute Gasteiger partial charge is 0.0487 e. The molecule has 0 radical (unpaired) electrons. The minimum atomic E-state index is 0.365. The van der Waals surface area contributed by atoms with E-state index in [4.69, 9.17) is 11.6 Å². The maximum atomic E-state index is 6.35. The molecule has 0 amide bonds. The lowest BCUT2D eigenvalue weighted by molar-refractivity contribution is 0.652. The zero-order valence-corrected chi connectivity index (χ0v) is 12.7. The van der Waals surface area contributed by atoms with E-state index in [0.29, 0.717) is 6.04 Å². The summed E-state index contributed by atoms with van der Waals surface area (Å²) in [6.07, 6.45) is 0. The van der Waals surface area contributed by atoms with Crippen LogP contribution < -0.4 is 5.32 Å². The second kappa shape index (κ2) is 5.77. The number of rotatable bonds is 3. The van der Waals surface area contributed by atoms with Gasteiger partial charge in [-0.15, -0.1) is 0 Å². The van der Waals surface area contributed by atoms with Crippen LogP contribution in [0.15, 0.2) is 36.4 Å². The topological polar surface area (TPSA) is 12.0 Å². The highest BCUT2D eigenvalue weighted by molar-refractivity contribution is 6.33. The van der Waals surface area contributed by atoms with E-state index in [1.807, 2.05) is 13.1 Å². The molecule has 1 unspecified atom stereocenters. The van der Waals surface area contributed by atoms with Gasteiger partial charge in [-0.05, 0) is 62.2 Å². The van der Waals surface area contributed by atoms with Gasteiger partial charge >= 0.3 is 0 Å². The maximum absolute atomic E-state index is 6.35. The van der Waals surface area contributed by atoms with Gasteiger partial charge in [0.2, 0.25) is 0 Å². The van der Waals surface area contributed by atoms with Crippen LogP contribution in [0.3, 0.4) is 0 Å². The first kappa shape index (κ1) is 14.1. The Morgan fingerprint density at radius 2 is 1.58 bits per heavy atom. The highest BCUT2D eigenvalue weighted by atomic mass is 35.5. The van der Waals surface area contributed by atoms with Crippen molar-refractivity contribution in [3.05, 3.63) is 58.1 Å². The Morgan fingerprint density at radius 1 is 1.00 bits per heavy atom. The lowest BCUT2D eigenvalue weighted by Crippen LogP contribution is -2.11. The first-order valence-electron chi connectivity index (χ1n) is 6.57. The van der Waals surface area contributed by atoms with Crippen molar-refractivity contribution in [2.45, 2.75) is 26.8 Å². The average Bonchev–Trinajstić information content (AvgIpc) is 2.42. The Hall–Kier alpha value is -1.31. The Balaban J connectivity index is 2.40. The second-order valence-electron chi connectivity index (χ2n) is 5.05. The molecule has 0 aromatic heterocycles. The van der Waals surface area contributed by atoms with Gasteiger partial charge < -0.3 is 5.32 Å². The van der Waals surface area contributed by atoms with Crippen molar-refractivity contribution < 1.29 is 0 Å². The molecule has 0 aliphatic carbocycles. The highest BCUT2D eigenvalue weighted by Crippen LogP contribution is 2.31. The predicted molar refractivity (Wildman–Crippen MR) is 83.8 cm³/mol. The maximum Gasteiger partial charge on any atom is 0.0487 e. The molecule has 0 aliphatic rings. The summed E-state index contributed by atoms with van der Waals surface area (Å²) < 4.78 is 0. The fourth-order valence-electron chi connectivity index (χ4n) is 2.12. The second-order valence-corrected chi connectivity index (χ2v) is 5.46. The van der Waals surface area contributed by atoms with Gasteiger partial charge in [-0.25, -0.2) is 0 Å². The van der Waals surface area contributed by atoms with Gasteiger partial charge in [0.05, 0.1) is 0 Å². The van der Waals surface area contributed by atoms with Crippen molar-refractivity contribution in [2.75, 3.05) is 7.05 Å². The summed E-state index contributed by atoms with van der Waals surface area (Å²) in [5, 5.41) is 4.06. The molecule has 0 heterocycles. The standard InChI is InChI=1S/C17H20ClN/c1-11-9-16(17(18)10-12(11)2)15-7-5-14(6-8-15)13(3)19-4/h5-10,13,19H,1-4H3. The van der Waals surface area contributed by atoms with Gasteiger partial charge in [0.15, 0.2) is 0 Å². The van der Waals surface area contributed by atoms with Gasteiger partial charge in [-0.2, -0.15) is 0 Å². The Labute approximate surface area is 120 Å². The van der Waals surface area contributed by atoms with Crippen LogP contribution in [0.1, 0.15) is 29.7 Å². The molecular weight excluding hydrogens is 254 g/mol. The van der Waals surface area contributed by atoms with Gasteiger partial charge in [-0.1, -0.05) is 35.9 Å². The van der Waals surface area contributed by atoms with Crippen LogP contribution >= 0.6 is 11.6 Å².